The Morgan fingerprint density at radius 2 is 1.84 bits per heavy atom. The van der Waals surface area contributed by atoms with Crippen molar-refractivity contribution in [3.05, 3.63) is 58.9 Å². The first-order valence-corrected chi connectivity index (χ1v) is 10.3. The van der Waals surface area contributed by atoms with Crippen LogP contribution in [0.2, 0.25) is 0 Å². The first kappa shape index (κ1) is 18.4. The fourth-order valence-corrected chi connectivity index (χ4v) is 4.35. The highest BCUT2D eigenvalue weighted by Gasteiger charge is 2.31. The van der Waals surface area contributed by atoms with Gasteiger partial charge in [0.25, 0.3) is 0 Å². The van der Waals surface area contributed by atoms with Crippen LogP contribution in [0.3, 0.4) is 0 Å². The van der Waals surface area contributed by atoms with Crippen molar-refractivity contribution < 1.29 is 13.5 Å². The average molecular weight is 423 g/mol. The quantitative estimate of drug-likeness (QED) is 0.474. The standard InChI is InChI=1S/C22H19F2N5O2/c23-17-10-18-16(9-15(17)13-1-4-20(24)26-11-13)21-19(12-25-18)28(14-2-3-14)22(30)29(21)27-5-7-31-8-6-27/h1,4,9-12,14H,2-3,5-8H2. The SMILES string of the molecule is O=c1n(C2CC2)c2cnc3cc(F)c(-c4ccc(F)nc4)cc3c2n1N1CCOCC1. The summed E-state index contributed by atoms with van der Waals surface area (Å²) in [5, 5.41) is 2.65. The lowest BCUT2D eigenvalue weighted by Gasteiger charge is -2.29. The number of aromatic nitrogens is 4. The molecule has 1 aromatic carbocycles. The maximum absolute atomic E-state index is 14.9. The predicted octanol–water partition coefficient (Wildman–Crippen LogP) is 2.99. The van der Waals surface area contributed by atoms with E-state index < -0.39 is 11.8 Å². The normalized spacial score (nSPS) is 17.0. The molecule has 0 amide bonds. The van der Waals surface area contributed by atoms with Crippen LogP contribution in [0.15, 0.2) is 41.5 Å². The Bertz CT molecular complexity index is 1370. The highest BCUT2D eigenvalue weighted by Crippen LogP contribution is 2.38. The molecular weight excluding hydrogens is 404 g/mol. The molecule has 0 bridgehead atoms. The van der Waals surface area contributed by atoms with Crippen LogP contribution in [-0.2, 0) is 4.74 Å². The highest BCUT2D eigenvalue weighted by atomic mass is 19.1. The van der Waals surface area contributed by atoms with E-state index in [9.17, 15) is 13.6 Å². The lowest BCUT2D eigenvalue weighted by atomic mass is 10.0. The summed E-state index contributed by atoms with van der Waals surface area (Å²) in [5.41, 5.74) is 2.54. The Morgan fingerprint density at radius 3 is 2.55 bits per heavy atom. The average Bonchev–Trinajstić information content (AvgIpc) is 3.57. The van der Waals surface area contributed by atoms with Crippen LogP contribution in [-0.4, -0.2) is 45.5 Å². The van der Waals surface area contributed by atoms with E-state index in [4.69, 9.17) is 4.74 Å². The Hall–Kier alpha value is -3.33. The molecular formula is C22H19F2N5O2. The molecule has 7 nitrogen and oxygen atoms in total. The number of fused-ring (bicyclic) bond motifs is 3. The van der Waals surface area contributed by atoms with E-state index in [-0.39, 0.29) is 17.3 Å². The van der Waals surface area contributed by atoms with E-state index in [0.717, 1.165) is 18.4 Å². The van der Waals surface area contributed by atoms with Gasteiger partial charge in [0.1, 0.15) is 11.3 Å². The van der Waals surface area contributed by atoms with Gasteiger partial charge in [0.05, 0.1) is 43.5 Å². The minimum Gasteiger partial charge on any atom is -0.378 e. The summed E-state index contributed by atoms with van der Waals surface area (Å²) >= 11 is 0. The molecule has 31 heavy (non-hydrogen) atoms. The minimum atomic E-state index is -0.628. The predicted molar refractivity (Wildman–Crippen MR) is 112 cm³/mol. The molecule has 0 N–H and O–H groups in total. The van der Waals surface area contributed by atoms with Crippen LogP contribution in [0.1, 0.15) is 18.9 Å². The number of pyridine rings is 2. The second-order valence-corrected chi connectivity index (χ2v) is 7.97. The molecule has 0 radical (unpaired) electrons. The molecule has 2 aliphatic rings. The molecule has 1 saturated carbocycles. The molecule has 2 fully saturated rings. The van der Waals surface area contributed by atoms with E-state index in [1.54, 1.807) is 21.5 Å². The summed E-state index contributed by atoms with van der Waals surface area (Å²) in [4.78, 5) is 21.6. The number of hydrogen-bond acceptors (Lipinski definition) is 5. The first-order chi connectivity index (χ1) is 15.1. The fourth-order valence-electron chi connectivity index (χ4n) is 4.35. The van der Waals surface area contributed by atoms with Crippen LogP contribution >= 0.6 is 0 Å². The maximum atomic E-state index is 14.9. The molecule has 1 aliphatic heterocycles. The molecule has 1 saturated heterocycles. The van der Waals surface area contributed by atoms with Crippen molar-refractivity contribution in [2.24, 2.45) is 0 Å². The largest absolute Gasteiger partial charge is 0.378 e. The monoisotopic (exact) mass is 423 g/mol. The third kappa shape index (κ3) is 2.91. The summed E-state index contributed by atoms with van der Waals surface area (Å²) < 4.78 is 37.2. The van der Waals surface area contributed by atoms with Gasteiger partial charge in [-0.2, -0.15) is 4.39 Å². The molecule has 0 spiro atoms. The van der Waals surface area contributed by atoms with E-state index >= 15 is 0 Å². The molecule has 158 valence electrons. The smallest absolute Gasteiger partial charge is 0.348 e. The van der Waals surface area contributed by atoms with Crippen molar-refractivity contribution in [1.29, 1.82) is 0 Å². The van der Waals surface area contributed by atoms with Crippen LogP contribution < -0.4 is 10.7 Å². The van der Waals surface area contributed by atoms with Crippen molar-refractivity contribution in [3.8, 4) is 11.1 Å². The highest BCUT2D eigenvalue weighted by molar-refractivity contribution is 6.04. The number of nitrogens with zero attached hydrogens (tertiary/aromatic N) is 5. The molecule has 6 rings (SSSR count). The third-order valence-corrected chi connectivity index (χ3v) is 5.99. The van der Waals surface area contributed by atoms with E-state index in [1.165, 1.54) is 24.4 Å². The molecule has 4 heterocycles. The second kappa shape index (κ2) is 6.84. The van der Waals surface area contributed by atoms with Crippen molar-refractivity contribution in [2.75, 3.05) is 31.3 Å². The summed E-state index contributed by atoms with van der Waals surface area (Å²) in [6.45, 7) is 2.24. The van der Waals surface area contributed by atoms with Crippen LogP contribution in [0.5, 0.6) is 0 Å². The van der Waals surface area contributed by atoms with Gasteiger partial charge in [-0.25, -0.2) is 18.8 Å². The zero-order chi connectivity index (χ0) is 21.1. The number of morpholine rings is 1. The zero-order valence-electron chi connectivity index (χ0n) is 16.6. The van der Waals surface area contributed by atoms with Gasteiger partial charge in [-0.3, -0.25) is 9.55 Å². The summed E-state index contributed by atoms with van der Waals surface area (Å²) in [5.74, 6) is -1.11. The number of rotatable bonds is 3. The van der Waals surface area contributed by atoms with Gasteiger partial charge >= 0.3 is 5.69 Å². The zero-order valence-corrected chi connectivity index (χ0v) is 16.6. The topological polar surface area (TPSA) is 65.2 Å². The Kier molecular flexibility index (Phi) is 4.07. The molecule has 4 aromatic rings. The summed E-state index contributed by atoms with van der Waals surface area (Å²) in [6, 6.07) is 5.89. The van der Waals surface area contributed by atoms with Crippen LogP contribution in [0, 0.1) is 11.8 Å². The Morgan fingerprint density at radius 1 is 1.03 bits per heavy atom. The van der Waals surface area contributed by atoms with E-state index in [1.807, 2.05) is 5.01 Å². The van der Waals surface area contributed by atoms with Crippen molar-refractivity contribution >= 4 is 21.9 Å². The molecule has 0 unspecified atom stereocenters. The number of ether oxygens (including phenoxy) is 1. The number of hydrogen-bond donors (Lipinski definition) is 0. The Labute approximate surface area is 175 Å². The lowest BCUT2D eigenvalue weighted by molar-refractivity contribution is 0.111. The van der Waals surface area contributed by atoms with E-state index in [0.29, 0.717) is 48.3 Å². The van der Waals surface area contributed by atoms with Crippen molar-refractivity contribution in [3.63, 3.8) is 0 Å². The number of halogens is 2. The molecule has 9 heteroatoms. The lowest BCUT2D eigenvalue weighted by Crippen LogP contribution is -2.48. The van der Waals surface area contributed by atoms with Gasteiger partial charge in [0.2, 0.25) is 5.95 Å². The molecule has 3 aromatic heterocycles. The van der Waals surface area contributed by atoms with E-state index in [2.05, 4.69) is 9.97 Å². The second-order valence-electron chi connectivity index (χ2n) is 7.97. The number of imidazole rings is 1. The van der Waals surface area contributed by atoms with Crippen molar-refractivity contribution in [1.82, 2.24) is 19.2 Å². The van der Waals surface area contributed by atoms with Gasteiger partial charge < -0.3 is 9.75 Å². The first-order valence-electron chi connectivity index (χ1n) is 10.3. The van der Waals surface area contributed by atoms with Crippen molar-refractivity contribution in [2.45, 2.75) is 18.9 Å². The Balaban J connectivity index is 1.67. The summed E-state index contributed by atoms with van der Waals surface area (Å²) in [7, 11) is 0. The van der Waals surface area contributed by atoms with Crippen LogP contribution in [0.25, 0.3) is 33.1 Å². The molecule has 0 atom stereocenters. The van der Waals surface area contributed by atoms with Crippen LogP contribution in [0.4, 0.5) is 8.78 Å². The van der Waals surface area contributed by atoms with Gasteiger partial charge in [0.15, 0.2) is 0 Å². The number of benzene rings is 1. The minimum absolute atomic E-state index is 0.108. The molecule has 1 aliphatic carbocycles. The van der Waals surface area contributed by atoms with Gasteiger partial charge in [-0.05, 0) is 31.0 Å². The van der Waals surface area contributed by atoms with Gasteiger partial charge in [-0.15, -0.1) is 0 Å². The maximum Gasteiger partial charge on any atom is 0.348 e. The third-order valence-electron chi connectivity index (χ3n) is 5.99. The van der Waals surface area contributed by atoms with Gasteiger partial charge in [-0.1, -0.05) is 0 Å². The fraction of sp³-hybridized carbons (Fsp3) is 0.318. The van der Waals surface area contributed by atoms with Gasteiger partial charge in [0, 0.05) is 34.8 Å². The summed E-state index contributed by atoms with van der Waals surface area (Å²) in [6.07, 6.45) is 4.87.